The Labute approximate surface area is 116 Å². The Hall–Kier alpha value is -1.35. The minimum atomic E-state index is -0.0768. The van der Waals surface area contributed by atoms with Crippen molar-refractivity contribution in [3.8, 4) is 0 Å². The Morgan fingerprint density at radius 3 is 2.42 bits per heavy atom. The quantitative estimate of drug-likeness (QED) is 0.794. The van der Waals surface area contributed by atoms with Crippen LogP contribution in [0.25, 0.3) is 0 Å². The van der Waals surface area contributed by atoms with Gasteiger partial charge in [0, 0.05) is 18.7 Å². The predicted octanol–water partition coefficient (Wildman–Crippen LogP) is 2.78. The van der Waals surface area contributed by atoms with Crippen molar-refractivity contribution in [2.24, 2.45) is 5.41 Å². The molecule has 0 radical (unpaired) electrons. The molecule has 0 aliphatic rings. The average Bonchev–Trinajstić information content (AvgIpc) is 2.37. The van der Waals surface area contributed by atoms with E-state index in [0.29, 0.717) is 18.5 Å². The second-order valence-electron chi connectivity index (χ2n) is 5.77. The molecule has 0 aromatic heterocycles. The zero-order chi connectivity index (χ0) is 14.3. The summed E-state index contributed by atoms with van der Waals surface area (Å²) in [6.45, 7) is 6.93. The van der Waals surface area contributed by atoms with Gasteiger partial charge in [-0.3, -0.25) is 4.79 Å². The standard InChI is InChI=1S/C16H25NO2/c1-4-5-13-6-8-14(9-7-13)15(19)17-12-16(2,3)10-11-18/h6-9,18H,4-5,10-12H2,1-3H3,(H,17,19). The fraction of sp³-hybridized carbons (Fsp3) is 0.562. The topological polar surface area (TPSA) is 49.3 Å². The number of nitrogens with one attached hydrogen (secondary N) is 1. The lowest BCUT2D eigenvalue weighted by Gasteiger charge is -2.23. The van der Waals surface area contributed by atoms with Crippen LogP contribution in [-0.2, 0) is 6.42 Å². The van der Waals surface area contributed by atoms with Gasteiger partial charge in [-0.05, 0) is 36.0 Å². The largest absolute Gasteiger partial charge is 0.396 e. The van der Waals surface area contributed by atoms with Crippen LogP contribution in [0.15, 0.2) is 24.3 Å². The van der Waals surface area contributed by atoms with Crippen LogP contribution in [0.3, 0.4) is 0 Å². The molecular weight excluding hydrogens is 238 g/mol. The molecule has 0 spiro atoms. The zero-order valence-electron chi connectivity index (χ0n) is 12.2. The summed E-state index contributed by atoms with van der Waals surface area (Å²) in [6.07, 6.45) is 2.84. The van der Waals surface area contributed by atoms with Gasteiger partial charge in [0.2, 0.25) is 0 Å². The van der Waals surface area contributed by atoms with Gasteiger partial charge in [0.05, 0.1) is 0 Å². The molecule has 0 aliphatic carbocycles. The van der Waals surface area contributed by atoms with Gasteiger partial charge in [0.25, 0.3) is 5.91 Å². The number of hydrogen-bond acceptors (Lipinski definition) is 2. The lowest BCUT2D eigenvalue weighted by molar-refractivity contribution is 0.0928. The Balaban J connectivity index is 2.53. The van der Waals surface area contributed by atoms with Crippen LogP contribution in [0.5, 0.6) is 0 Å². The first-order valence-electron chi connectivity index (χ1n) is 6.96. The van der Waals surface area contributed by atoms with Crippen molar-refractivity contribution in [3.05, 3.63) is 35.4 Å². The van der Waals surface area contributed by atoms with Crippen molar-refractivity contribution >= 4 is 5.91 Å². The summed E-state index contributed by atoms with van der Waals surface area (Å²) in [5, 5.41) is 11.9. The van der Waals surface area contributed by atoms with Crippen LogP contribution < -0.4 is 5.32 Å². The molecule has 106 valence electrons. The second-order valence-corrected chi connectivity index (χ2v) is 5.77. The molecule has 1 amide bonds. The van der Waals surface area contributed by atoms with Gasteiger partial charge in [-0.1, -0.05) is 39.3 Å². The van der Waals surface area contributed by atoms with Gasteiger partial charge in [0.1, 0.15) is 0 Å². The Morgan fingerprint density at radius 2 is 1.89 bits per heavy atom. The minimum absolute atomic E-state index is 0.0472. The lowest BCUT2D eigenvalue weighted by Crippen LogP contribution is -2.34. The number of aliphatic hydroxyl groups excluding tert-OH is 1. The van der Waals surface area contributed by atoms with Gasteiger partial charge < -0.3 is 10.4 Å². The maximum absolute atomic E-state index is 12.0. The number of aliphatic hydroxyl groups is 1. The summed E-state index contributed by atoms with van der Waals surface area (Å²) < 4.78 is 0. The molecule has 0 bridgehead atoms. The molecule has 3 heteroatoms. The first-order valence-corrected chi connectivity index (χ1v) is 6.96. The van der Waals surface area contributed by atoms with Gasteiger partial charge in [-0.15, -0.1) is 0 Å². The van der Waals surface area contributed by atoms with Crippen LogP contribution in [0, 0.1) is 5.41 Å². The van der Waals surface area contributed by atoms with E-state index >= 15 is 0 Å². The highest BCUT2D eigenvalue weighted by atomic mass is 16.3. The molecule has 0 heterocycles. The molecule has 0 aliphatic heterocycles. The molecule has 0 saturated heterocycles. The van der Waals surface area contributed by atoms with Crippen molar-refractivity contribution in [2.75, 3.05) is 13.2 Å². The average molecular weight is 263 g/mol. The summed E-state index contributed by atoms with van der Waals surface area (Å²) >= 11 is 0. The minimum Gasteiger partial charge on any atom is -0.396 e. The van der Waals surface area contributed by atoms with Gasteiger partial charge in [-0.25, -0.2) is 0 Å². The number of rotatable bonds is 7. The van der Waals surface area contributed by atoms with Crippen LogP contribution in [0.4, 0.5) is 0 Å². The number of hydrogen-bond donors (Lipinski definition) is 2. The molecule has 1 rings (SSSR count). The van der Waals surface area contributed by atoms with Crippen molar-refractivity contribution in [1.29, 1.82) is 0 Å². The molecule has 0 saturated carbocycles. The molecule has 1 aromatic rings. The van der Waals surface area contributed by atoms with E-state index in [9.17, 15) is 4.79 Å². The molecular formula is C16H25NO2. The summed E-state index contributed by atoms with van der Waals surface area (Å²) in [5.41, 5.74) is 1.88. The maximum Gasteiger partial charge on any atom is 0.251 e. The summed E-state index contributed by atoms with van der Waals surface area (Å²) in [4.78, 5) is 12.0. The number of amides is 1. The SMILES string of the molecule is CCCc1ccc(C(=O)NCC(C)(C)CCO)cc1. The highest BCUT2D eigenvalue weighted by Gasteiger charge is 2.18. The number of aryl methyl sites for hydroxylation is 1. The van der Waals surface area contributed by atoms with E-state index in [0.717, 1.165) is 12.8 Å². The van der Waals surface area contributed by atoms with Crippen LogP contribution in [-0.4, -0.2) is 24.2 Å². The highest BCUT2D eigenvalue weighted by Crippen LogP contribution is 2.18. The van der Waals surface area contributed by atoms with E-state index in [1.165, 1.54) is 5.56 Å². The third-order valence-corrected chi connectivity index (χ3v) is 3.27. The normalized spacial score (nSPS) is 11.4. The van der Waals surface area contributed by atoms with Gasteiger partial charge in [-0.2, -0.15) is 0 Å². The van der Waals surface area contributed by atoms with Crippen molar-refractivity contribution in [3.63, 3.8) is 0 Å². The molecule has 0 atom stereocenters. The maximum atomic E-state index is 12.0. The fourth-order valence-corrected chi connectivity index (χ4v) is 1.92. The lowest BCUT2D eigenvalue weighted by atomic mass is 9.89. The van der Waals surface area contributed by atoms with Crippen LogP contribution in [0.1, 0.15) is 49.5 Å². The van der Waals surface area contributed by atoms with Crippen molar-refractivity contribution in [2.45, 2.75) is 40.0 Å². The summed E-state index contributed by atoms with van der Waals surface area (Å²) in [7, 11) is 0. The van der Waals surface area contributed by atoms with Gasteiger partial charge >= 0.3 is 0 Å². The third-order valence-electron chi connectivity index (χ3n) is 3.27. The van der Waals surface area contributed by atoms with Crippen LogP contribution in [0.2, 0.25) is 0 Å². The molecule has 19 heavy (non-hydrogen) atoms. The second kappa shape index (κ2) is 7.29. The highest BCUT2D eigenvalue weighted by molar-refractivity contribution is 5.94. The van der Waals surface area contributed by atoms with Crippen molar-refractivity contribution in [1.82, 2.24) is 5.32 Å². The molecule has 0 fully saturated rings. The Kier molecular flexibility index (Phi) is 6.03. The van der Waals surface area contributed by atoms with E-state index in [-0.39, 0.29) is 17.9 Å². The van der Waals surface area contributed by atoms with Crippen LogP contribution >= 0.6 is 0 Å². The van der Waals surface area contributed by atoms with E-state index in [1.54, 1.807) is 0 Å². The number of carbonyl (C=O) groups excluding carboxylic acids is 1. The molecule has 0 unspecified atom stereocenters. The van der Waals surface area contributed by atoms with E-state index in [2.05, 4.69) is 12.2 Å². The zero-order valence-corrected chi connectivity index (χ0v) is 12.2. The number of benzene rings is 1. The van der Waals surface area contributed by atoms with E-state index < -0.39 is 0 Å². The third kappa shape index (κ3) is 5.43. The van der Waals surface area contributed by atoms with Crippen molar-refractivity contribution < 1.29 is 9.90 Å². The summed E-state index contributed by atoms with van der Waals surface area (Å²) in [5.74, 6) is -0.0472. The smallest absolute Gasteiger partial charge is 0.251 e. The fourth-order valence-electron chi connectivity index (χ4n) is 1.92. The van der Waals surface area contributed by atoms with E-state index in [4.69, 9.17) is 5.11 Å². The predicted molar refractivity (Wildman–Crippen MR) is 78.3 cm³/mol. The monoisotopic (exact) mass is 263 g/mol. The first-order chi connectivity index (χ1) is 8.98. The Bertz CT molecular complexity index is 396. The molecule has 2 N–H and O–H groups in total. The Morgan fingerprint density at radius 1 is 1.26 bits per heavy atom. The van der Waals surface area contributed by atoms with E-state index in [1.807, 2.05) is 38.1 Å². The molecule has 3 nitrogen and oxygen atoms in total. The molecule has 1 aromatic carbocycles. The number of carbonyl (C=O) groups is 1. The summed E-state index contributed by atoms with van der Waals surface area (Å²) in [6, 6.07) is 7.77. The first kappa shape index (κ1) is 15.7. The van der Waals surface area contributed by atoms with Gasteiger partial charge in [0.15, 0.2) is 0 Å².